The predicted molar refractivity (Wildman–Crippen MR) is 86.0 cm³/mol. The van der Waals surface area contributed by atoms with Gasteiger partial charge in [-0.1, -0.05) is 31.9 Å². The fourth-order valence-corrected chi connectivity index (χ4v) is 2.89. The monoisotopic (exact) mass is 296 g/mol. The number of hydrogen-bond donors (Lipinski definition) is 1. The van der Waals surface area contributed by atoms with E-state index >= 15 is 0 Å². The fourth-order valence-electron chi connectivity index (χ4n) is 2.89. The maximum Gasteiger partial charge on any atom is 0.226 e. The number of benzene rings is 1. The Hall–Kier alpha value is -1.22. The smallest absolute Gasteiger partial charge is 0.226 e. The first kappa shape index (κ1) is 16.8. The standard InChI is InChI=1S/C16H24N2O.ClH/c1-12-4-3-5-15(10-12)18(2)16(19)11-13-6-8-14(17)9-7-13;/h6-9,12,15H,3-5,10-11,17H2,1-2H3;1H. The first-order valence-electron chi connectivity index (χ1n) is 7.16. The van der Waals surface area contributed by atoms with E-state index in [1.165, 1.54) is 12.8 Å². The van der Waals surface area contributed by atoms with Gasteiger partial charge >= 0.3 is 0 Å². The summed E-state index contributed by atoms with van der Waals surface area (Å²) in [6.45, 7) is 2.28. The summed E-state index contributed by atoms with van der Waals surface area (Å²) >= 11 is 0. The number of carbonyl (C=O) groups is 1. The number of anilines is 1. The first-order chi connectivity index (χ1) is 9.06. The summed E-state index contributed by atoms with van der Waals surface area (Å²) in [6, 6.07) is 8.00. The molecule has 2 unspecified atom stereocenters. The largest absolute Gasteiger partial charge is 0.399 e. The lowest BCUT2D eigenvalue weighted by Crippen LogP contribution is -2.40. The highest BCUT2D eigenvalue weighted by Gasteiger charge is 2.25. The van der Waals surface area contributed by atoms with E-state index in [2.05, 4.69) is 6.92 Å². The highest BCUT2D eigenvalue weighted by molar-refractivity contribution is 5.85. The van der Waals surface area contributed by atoms with Gasteiger partial charge in [-0.3, -0.25) is 4.79 Å². The summed E-state index contributed by atoms with van der Waals surface area (Å²) in [5, 5.41) is 0. The van der Waals surface area contributed by atoms with Crippen LogP contribution in [0, 0.1) is 5.92 Å². The Kier molecular flexibility index (Phi) is 6.34. The van der Waals surface area contributed by atoms with Crippen LogP contribution in [0.2, 0.25) is 0 Å². The average Bonchev–Trinajstić information content (AvgIpc) is 2.40. The minimum Gasteiger partial charge on any atom is -0.399 e. The molecular weight excluding hydrogens is 272 g/mol. The van der Waals surface area contributed by atoms with Crippen molar-refractivity contribution in [3.63, 3.8) is 0 Å². The zero-order valence-corrected chi connectivity index (χ0v) is 13.2. The van der Waals surface area contributed by atoms with Crippen LogP contribution in [0.1, 0.15) is 38.2 Å². The van der Waals surface area contributed by atoms with Crippen molar-refractivity contribution in [2.24, 2.45) is 5.92 Å². The van der Waals surface area contributed by atoms with E-state index < -0.39 is 0 Å². The Balaban J connectivity index is 0.00000200. The van der Waals surface area contributed by atoms with Crippen molar-refractivity contribution in [3.8, 4) is 0 Å². The van der Waals surface area contributed by atoms with Crippen LogP contribution in [-0.2, 0) is 11.2 Å². The maximum absolute atomic E-state index is 12.3. The molecule has 0 radical (unpaired) electrons. The number of halogens is 1. The molecule has 1 amide bonds. The zero-order chi connectivity index (χ0) is 13.8. The van der Waals surface area contributed by atoms with E-state index in [9.17, 15) is 4.79 Å². The molecule has 1 aliphatic rings. The molecule has 1 aromatic rings. The Morgan fingerprint density at radius 3 is 2.55 bits per heavy atom. The van der Waals surface area contributed by atoms with Gasteiger partial charge in [0.15, 0.2) is 0 Å². The van der Waals surface area contributed by atoms with Crippen LogP contribution in [0.3, 0.4) is 0 Å². The Morgan fingerprint density at radius 1 is 1.30 bits per heavy atom. The first-order valence-corrected chi connectivity index (χ1v) is 7.16. The van der Waals surface area contributed by atoms with Gasteiger partial charge in [-0.05, 0) is 36.5 Å². The van der Waals surface area contributed by atoms with Crippen LogP contribution in [0.25, 0.3) is 0 Å². The summed E-state index contributed by atoms with van der Waals surface area (Å²) in [5.74, 6) is 0.953. The van der Waals surface area contributed by atoms with Crippen LogP contribution in [0.15, 0.2) is 24.3 Å². The predicted octanol–water partition coefficient (Wildman–Crippen LogP) is 3.27. The van der Waals surface area contributed by atoms with Crippen molar-refractivity contribution in [1.29, 1.82) is 0 Å². The van der Waals surface area contributed by atoms with Gasteiger partial charge in [0, 0.05) is 18.8 Å². The van der Waals surface area contributed by atoms with Crippen molar-refractivity contribution in [2.75, 3.05) is 12.8 Å². The summed E-state index contributed by atoms with van der Waals surface area (Å²) in [7, 11) is 1.95. The van der Waals surface area contributed by atoms with Crippen molar-refractivity contribution in [3.05, 3.63) is 29.8 Å². The molecule has 0 spiro atoms. The Bertz CT molecular complexity index is 433. The van der Waals surface area contributed by atoms with Crippen LogP contribution in [-0.4, -0.2) is 23.9 Å². The molecule has 0 aliphatic heterocycles. The molecule has 4 heteroatoms. The van der Waals surface area contributed by atoms with E-state index in [0.717, 1.165) is 30.0 Å². The lowest BCUT2D eigenvalue weighted by atomic mass is 9.86. The molecule has 1 aliphatic carbocycles. The van der Waals surface area contributed by atoms with E-state index in [1.807, 2.05) is 36.2 Å². The molecule has 2 rings (SSSR count). The topological polar surface area (TPSA) is 46.3 Å². The van der Waals surface area contributed by atoms with Crippen molar-refractivity contribution >= 4 is 24.0 Å². The molecule has 2 N–H and O–H groups in total. The van der Waals surface area contributed by atoms with Crippen molar-refractivity contribution in [1.82, 2.24) is 4.90 Å². The minimum absolute atomic E-state index is 0. The summed E-state index contributed by atoms with van der Waals surface area (Å²) in [4.78, 5) is 14.2. The zero-order valence-electron chi connectivity index (χ0n) is 12.3. The molecule has 3 nitrogen and oxygen atoms in total. The molecule has 0 saturated heterocycles. The van der Waals surface area contributed by atoms with Gasteiger partial charge in [-0.15, -0.1) is 12.4 Å². The molecule has 1 aromatic carbocycles. The van der Waals surface area contributed by atoms with Crippen LogP contribution in [0.4, 0.5) is 5.69 Å². The number of amides is 1. The normalized spacial score (nSPS) is 21.9. The lowest BCUT2D eigenvalue weighted by Gasteiger charge is -2.34. The molecular formula is C16H25ClN2O. The van der Waals surface area contributed by atoms with Crippen molar-refractivity contribution in [2.45, 2.75) is 45.1 Å². The Labute approximate surface area is 127 Å². The summed E-state index contributed by atoms with van der Waals surface area (Å²) in [5.41, 5.74) is 7.43. The number of hydrogen-bond acceptors (Lipinski definition) is 2. The van der Waals surface area contributed by atoms with Crippen LogP contribution in [0.5, 0.6) is 0 Å². The second-order valence-electron chi connectivity index (χ2n) is 5.85. The third kappa shape index (κ3) is 4.41. The molecule has 1 saturated carbocycles. The molecule has 20 heavy (non-hydrogen) atoms. The number of nitrogen functional groups attached to an aromatic ring is 1. The maximum atomic E-state index is 12.3. The lowest BCUT2D eigenvalue weighted by molar-refractivity contribution is -0.132. The molecule has 0 bridgehead atoms. The average molecular weight is 297 g/mol. The second kappa shape index (κ2) is 7.53. The summed E-state index contributed by atoms with van der Waals surface area (Å²) in [6.07, 6.45) is 5.31. The van der Waals surface area contributed by atoms with Gasteiger partial charge in [0.25, 0.3) is 0 Å². The van der Waals surface area contributed by atoms with Gasteiger partial charge < -0.3 is 10.6 Å². The molecule has 2 atom stereocenters. The van der Waals surface area contributed by atoms with Crippen LogP contribution >= 0.6 is 12.4 Å². The van der Waals surface area contributed by atoms with Gasteiger partial charge in [-0.25, -0.2) is 0 Å². The Morgan fingerprint density at radius 2 is 1.95 bits per heavy atom. The number of carbonyl (C=O) groups excluding carboxylic acids is 1. The van der Waals surface area contributed by atoms with Crippen molar-refractivity contribution < 1.29 is 4.79 Å². The number of likely N-dealkylation sites (N-methyl/N-ethyl adjacent to an activating group) is 1. The third-order valence-corrected chi connectivity index (χ3v) is 4.18. The molecule has 0 aromatic heterocycles. The SMILES string of the molecule is CC1CCCC(N(C)C(=O)Cc2ccc(N)cc2)C1.Cl. The van der Waals surface area contributed by atoms with E-state index in [1.54, 1.807) is 0 Å². The second-order valence-corrected chi connectivity index (χ2v) is 5.85. The highest BCUT2D eigenvalue weighted by atomic mass is 35.5. The van der Waals surface area contributed by atoms with E-state index in [0.29, 0.717) is 12.5 Å². The van der Waals surface area contributed by atoms with E-state index in [4.69, 9.17) is 5.73 Å². The summed E-state index contributed by atoms with van der Waals surface area (Å²) < 4.78 is 0. The fraction of sp³-hybridized carbons (Fsp3) is 0.562. The number of rotatable bonds is 3. The number of nitrogens with two attached hydrogens (primary N) is 1. The third-order valence-electron chi connectivity index (χ3n) is 4.18. The number of nitrogens with zero attached hydrogens (tertiary/aromatic N) is 1. The van der Waals surface area contributed by atoms with Gasteiger partial charge in [0.05, 0.1) is 6.42 Å². The quantitative estimate of drug-likeness (QED) is 0.870. The van der Waals surface area contributed by atoms with E-state index in [-0.39, 0.29) is 18.3 Å². The highest BCUT2D eigenvalue weighted by Crippen LogP contribution is 2.27. The molecule has 1 fully saturated rings. The minimum atomic E-state index is 0. The molecule has 112 valence electrons. The molecule has 0 heterocycles. The van der Waals surface area contributed by atoms with Gasteiger partial charge in [0.2, 0.25) is 5.91 Å². The van der Waals surface area contributed by atoms with Gasteiger partial charge in [-0.2, -0.15) is 0 Å². The van der Waals surface area contributed by atoms with Gasteiger partial charge in [0.1, 0.15) is 0 Å². The van der Waals surface area contributed by atoms with Crippen LogP contribution < -0.4 is 5.73 Å².